The van der Waals surface area contributed by atoms with Gasteiger partial charge >= 0.3 is 18.0 Å². The number of carboxylic acid groups (broad SMARTS) is 1. The minimum atomic E-state index is -0.969. The first kappa shape index (κ1) is 39.0. The molecular weight excluding hydrogens is 745 g/mol. The van der Waals surface area contributed by atoms with E-state index in [-0.39, 0.29) is 17.2 Å². The molecule has 1 aromatic heterocycles. The first-order valence-corrected chi connectivity index (χ1v) is 19.7. The molecule has 0 spiro atoms. The summed E-state index contributed by atoms with van der Waals surface area (Å²) in [6.45, 7) is 6.62. The van der Waals surface area contributed by atoms with Gasteiger partial charge in [0, 0.05) is 42.1 Å². The normalized spacial score (nSPS) is 18.7. The molecule has 7 rings (SSSR count). The van der Waals surface area contributed by atoms with E-state index in [0.29, 0.717) is 43.0 Å². The third kappa shape index (κ3) is 8.94. The number of aromatic nitrogens is 1. The number of thioether (sulfide) groups is 1. The van der Waals surface area contributed by atoms with Crippen molar-refractivity contribution in [3.8, 4) is 0 Å². The monoisotopic (exact) mass is 787 g/mol. The number of allylic oxidation sites excluding steroid dienone is 1. The van der Waals surface area contributed by atoms with Gasteiger partial charge in [0.15, 0.2) is 25.0 Å². The lowest BCUT2D eigenvalue weighted by Crippen LogP contribution is -2.70. The van der Waals surface area contributed by atoms with Crippen LogP contribution in [0, 0.1) is 0 Å². The molecule has 0 bridgehead atoms. The molecule has 292 valence electrons. The molecule has 12 nitrogen and oxygen atoms in total. The van der Waals surface area contributed by atoms with Crippen LogP contribution in [0.25, 0.3) is 0 Å². The van der Waals surface area contributed by atoms with Crippen LogP contribution in [0.15, 0.2) is 132 Å². The van der Waals surface area contributed by atoms with Crippen LogP contribution in [0.3, 0.4) is 0 Å². The SMILES string of the molecule is CC(C)(C)OC(=O)NC1C(=O)N2C(C(=O)OC(c3ccccc3)c3ccccc3)=C(C=C3CCN(Cc4cc[n+](Cc5ccc(C(=O)O)cc5)cc4)C3=O)CSC12. The van der Waals surface area contributed by atoms with Gasteiger partial charge in [-0.15, -0.1) is 11.8 Å². The number of carbonyl (C=O) groups is 5. The fourth-order valence-electron chi connectivity index (χ4n) is 6.97. The molecule has 0 radical (unpaired) electrons. The third-order valence-electron chi connectivity index (χ3n) is 9.75. The molecule has 57 heavy (non-hydrogen) atoms. The molecular formula is C44H43N4O8S+. The maximum absolute atomic E-state index is 14.4. The predicted octanol–water partition coefficient (Wildman–Crippen LogP) is 5.77. The largest absolute Gasteiger partial charge is 0.478 e. The number of pyridine rings is 1. The molecule has 2 atom stereocenters. The van der Waals surface area contributed by atoms with E-state index in [4.69, 9.17) is 14.6 Å². The number of amides is 3. The standard InChI is InChI=1S/C44H42N4O8S/c1-44(2,3)56-43(54)45-35-39(50)48-36(42(53)55-37(30-10-6-4-7-11-30)31-12-8-5-9-13-31)34(27-57-40(35)48)24-33-20-23-47(38(33)49)26-29-18-21-46(22-19-29)25-28-14-16-32(17-15-28)41(51)52/h4-19,21-22,24,35,37,40H,20,23,25-27H2,1-3H3,(H-,45,51,52,54)/p+1. The van der Waals surface area contributed by atoms with Crippen LogP contribution in [0.5, 0.6) is 0 Å². The van der Waals surface area contributed by atoms with E-state index in [1.807, 2.05) is 89.8 Å². The van der Waals surface area contributed by atoms with Crippen molar-refractivity contribution >= 4 is 41.6 Å². The summed E-state index contributed by atoms with van der Waals surface area (Å²) in [5.74, 6) is -2.03. The first-order valence-electron chi connectivity index (χ1n) is 18.6. The van der Waals surface area contributed by atoms with Crippen LogP contribution in [-0.4, -0.2) is 74.1 Å². The molecule has 3 aromatic carbocycles. The summed E-state index contributed by atoms with van der Waals surface area (Å²) < 4.78 is 13.6. The molecule has 4 heterocycles. The number of hydrogen-bond acceptors (Lipinski definition) is 8. The Hall–Kier alpha value is -6.21. The van der Waals surface area contributed by atoms with Crippen molar-refractivity contribution < 1.29 is 43.1 Å². The van der Waals surface area contributed by atoms with E-state index in [2.05, 4.69) is 5.32 Å². The second-order valence-electron chi connectivity index (χ2n) is 15.0. The highest BCUT2D eigenvalue weighted by Gasteiger charge is 2.55. The van der Waals surface area contributed by atoms with Gasteiger partial charge in [-0.3, -0.25) is 14.5 Å². The Morgan fingerprint density at radius 3 is 2.14 bits per heavy atom. The molecule has 2 unspecified atom stereocenters. The van der Waals surface area contributed by atoms with E-state index in [1.54, 1.807) is 56.0 Å². The number of nitrogens with zero attached hydrogens (tertiary/aromatic N) is 3. The zero-order valence-electron chi connectivity index (χ0n) is 31.8. The van der Waals surface area contributed by atoms with Gasteiger partial charge in [-0.1, -0.05) is 72.8 Å². The summed E-state index contributed by atoms with van der Waals surface area (Å²) >= 11 is 1.39. The molecule has 3 aliphatic rings. The summed E-state index contributed by atoms with van der Waals surface area (Å²) in [5.41, 5.74) is 3.92. The summed E-state index contributed by atoms with van der Waals surface area (Å²) in [4.78, 5) is 69.0. The lowest BCUT2D eigenvalue weighted by Gasteiger charge is -2.49. The number of fused-ring (bicyclic) bond motifs is 1. The van der Waals surface area contributed by atoms with Gasteiger partial charge in [0.1, 0.15) is 22.7 Å². The summed E-state index contributed by atoms with van der Waals surface area (Å²) in [7, 11) is 0. The molecule has 0 aliphatic carbocycles. The van der Waals surface area contributed by atoms with Gasteiger partial charge in [-0.2, -0.15) is 0 Å². The quantitative estimate of drug-likeness (QED) is 0.0837. The highest BCUT2D eigenvalue weighted by atomic mass is 32.2. The third-order valence-corrected chi connectivity index (χ3v) is 11.1. The topological polar surface area (TPSA) is 146 Å². The number of alkyl carbamates (subject to hydrolysis) is 1. The summed E-state index contributed by atoms with van der Waals surface area (Å²) in [6.07, 6.45) is 4.51. The molecule has 13 heteroatoms. The van der Waals surface area contributed by atoms with Gasteiger partial charge in [-0.05, 0) is 67.7 Å². The molecule has 3 amide bonds. The molecule has 2 N–H and O–H groups in total. The van der Waals surface area contributed by atoms with Crippen molar-refractivity contribution in [3.63, 3.8) is 0 Å². The van der Waals surface area contributed by atoms with Crippen molar-refractivity contribution in [2.75, 3.05) is 12.3 Å². The number of β-lactam (4-membered cyclic amide) rings is 1. The number of likely N-dealkylation sites (tertiary alicyclic amines) is 1. The number of carboxylic acids is 1. The average molecular weight is 788 g/mol. The molecule has 4 aromatic rings. The number of rotatable bonds is 11. The van der Waals surface area contributed by atoms with E-state index in [0.717, 1.165) is 22.3 Å². The highest BCUT2D eigenvalue weighted by Crippen LogP contribution is 2.43. The maximum Gasteiger partial charge on any atom is 0.408 e. The smallest absolute Gasteiger partial charge is 0.408 e. The summed E-state index contributed by atoms with van der Waals surface area (Å²) in [5, 5.41) is 11.3. The Labute approximate surface area is 334 Å². The fraction of sp³-hybridized carbons (Fsp3) is 0.273. The van der Waals surface area contributed by atoms with Crippen LogP contribution in [-0.2, 0) is 36.9 Å². The first-order chi connectivity index (χ1) is 27.3. The Bertz CT molecular complexity index is 2200. The zero-order valence-corrected chi connectivity index (χ0v) is 32.6. The minimum absolute atomic E-state index is 0.0480. The lowest BCUT2D eigenvalue weighted by atomic mass is 10.00. The van der Waals surface area contributed by atoms with Gasteiger partial charge in [0.2, 0.25) is 5.91 Å². The van der Waals surface area contributed by atoms with Gasteiger partial charge < -0.3 is 24.8 Å². The number of benzene rings is 3. The molecule has 3 aliphatic heterocycles. The van der Waals surface area contributed by atoms with Crippen molar-refractivity contribution in [3.05, 3.63) is 160 Å². The lowest BCUT2D eigenvalue weighted by molar-refractivity contribution is -0.688. The number of esters is 1. The van der Waals surface area contributed by atoms with Gasteiger partial charge in [0.05, 0.1) is 5.56 Å². The van der Waals surface area contributed by atoms with E-state index in [9.17, 15) is 24.0 Å². The Morgan fingerprint density at radius 2 is 1.54 bits per heavy atom. The van der Waals surface area contributed by atoms with Crippen molar-refractivity contribution in [1.29, 1.82) is 0 Å². The highest BCUT2D eigenvalue weighted by molar-refractivity contribution is 8.00. The van der Waals surface area contributed by atoms with Crippen LogP contribution in [0.1, 0.15) is 65.9 Å². The minimum Gasteiger partial charge on any atom is -0.478 e. The Kier molecular flexibility index (Phi) is 11.3. The van der Waals surface area contributed by atoms with Crippen LogP contribution >= 0.6 is 11.8 Å². The Balaban J connectivity index is 1.12. The second-order valence-corrected chi connectivity index (χ2v) is 16.1. The maximum atomic E-state index is 14.4. The van der Waals surface area contributed by atoms with Crippen molar-refractivity contribution in [2.24, 2.45) is 0 Å². The number of aromatic carboxylic acids is 1. The molecule has 2 fully saturated rings. The van der Waals surface area contributed by atoms with Crippen molar-refractivity contribution in [2.45, 2.75) is 63.4 Å². The van der Waals surface area contributed by atoms with Crippen LogP contribution < -0.4 is 9.88 Å². The van der Waals surface area contributed by atoms with E-state index < -0.39 is 47.1 Å². The number of carbonyl (C=O) groups excluding carboxylic acids is 4. The molecule has 2 saturated heterocycles. The van der Waals surface area contributed by atoms with E-state index >= 15 is 0 Å². The summed E-state index contributed by atoms with van der Waals surface area (Å²) in [6, 6.07) is 28.4. The van der Waals surface area contributed by atoms with Gasteiger partial charge in [0.25, 0.3) is 5.91 Å². The second kappa shape index (κ2) is 16.5. The number of hydrogen-bond donors (Lipinski definition) is 2. The average Bonchev–Trinajstić information content (AvgIpc) is 3.53. The van der Waals surface area contributed by atoms with E-state index in [1.165, 1.54) is 16.7 Å². The fourth-order valence-corrected chi connectivity index (χ4v) is 8.28. The number of ether oxygens (including phenoxy) is 2. The van der Waals surface area contributed by atoms with Crippen molar-refractivity contribution in [1.82, 2.24) is 15.1 Å². The Morgan fingerprint density at radius 1 is 0.912 bits per heavy atom. The zero-order chi connectivity index (χ0) is 40.3. The van der Waals surface area contributed by atoms with Gasteiger partial charge in [-0.25, -0.2) is 19.0 Å². The van der Waals surface area contributed by atoms with Crippen LogP contribution in [0.2, 0.25) is 0 Å². The number of nitrogens with one attached hydrogen (secondary N) is 1. The van der Waals surface area contributed by atoms with Crippen LogP contribution in [0.4, 0.5) is 4.79 Å². The molecule has 0 saturated carbocycles. The predicted molar refractivity (Wildman–Crippen MR) is 211 cm³/mol.